The zero-order valence-corrected chi connectivity index (χ0v) is 21.1. The van der Waals surface area contributed by atoms with Crippen LogP contribution in [0.1, 0.15) is 15.9 Å². The highest BCUT2D eigenvalue weighted by molar-refractivity contribution is 7.89. The summed E-state index contributed by atoms with van der Waals surface area (Å²) in [5, 5.41) is -0.294. The van der Waals surface area contributed by atoms with Crippen molar-refractivity contribution in [3.63, 3.8) is 0 Å². The van der Waals surface area contributed by atoms with Gasteiger partial charge in [-0.15, -0.1) is 0 Å². The number of methoxy groups -OCH3 is 1. The molecule has 1 aromatic heterocycles. The Hall–Kier alpha value is -3.35. The smallest absolute Gasteiger partial charge is 0.416 e. The van der Waals surface area contributed by atoms with E-state index in [-0.39, 0.29) is 53.4 Å². The summed E-state index contributed by atoms with van der Waals surface area (Å²) in [5.41, 5.74) is 5.89. The number of sulfonamides is 1. The fourth-order valence-electron chi connectivity index (χ4n) is 4.10. The third-order valence-electron chi connectivity index (χ3n) is 5.96. The highest BCUT2D eigenvalue weighted by Crippen LogP contribution is 2.35. The number of rotatable bonds is 6. The van der Waals surface area contributed by atoms with Gasteiger partial charge in [-0.05, 0) is 35.9 Å². The minimum Gasteiger partial charge on any atom is -0.495 e. The zero-order valence-electron chi connectivity index (χ0n) is 19.5. The number of para-hydroxylation sites is 1. The average Bonchev–Trinajstić information content (AvgIpc) is 2.87. The van der Waals surface area contributed by atoms with E-state index in [0.29, 0.717) is 11.1 Å². The van der Waals surface area contributed by atoms with Crippen molar-refractivity contribution in [3.05, 3.63) is 70.9 Å². The monoisotopic (exact) mass is 554 g/mol. The van der Waals surface area contributed by atoms with E-state index >= 15 is 0 Å². The fraction of sp³-hybridized carbons (Fsp3) is 0.250. The molecule has 1 aliphatic rings. The van der Waals surface area contributed by atoms with Crippen LogP contribution in [-0.4, -0.2) is 56.9 Å². The van der Waals surface area contributed by atoms with Gasteiger partial charge in [0.25, 0.3) is 5.91 Å². The number of hydrogen-bond acceptors (Lipinski definition) is 6. The second kappa shape index (κ2) is 10.2. The van der Waals surface area contributed by atoms with Gasteiger partial charge in [0.1, 0.15) is 16.7 Å². The fourth-order valence-corrected chi connectivity index (χ4v) is 5.73. The molecule has 3 aromatic rings. The third kappa shape index (κ3) is 5.50. The molecule has 2 aromatic carbocycles. The van der Waals surface area contributed by atoms with Gasteiger partial charge in [0.05, 0.1) is 23.1 Å². The van der Waals surface area contributed by atoms with Gasteiger partial charge in [-0.25, -0.2) is 13.4 Å². The largest absolute Gasteiger partial charge is 0.495 e. The minimum atomic E-state index is -4.58. The van der Waals surface area contributed by atoms with Crippen molar-refractivity contribution in [2.75, 3.05) is 38.2 Å². The van der Waals surface area contributed by atoms with Crippen LogP contribution in [0.25, 0.3) is 11.1 Å². The molecule has 1 aliphatic heterocycles. The van der Waals surface area contributed by atoms with E-state index in [1.165, 1.54) is 29.6 Å². The molecule has 0 radical (unpaired) electrons. The molecule has 0 atom stereocenters. The number of aromatic nitrogens is 1. The maximum atomic E-state index is 13.2. The summed E-state index contributed by atoms with van der Waals surface area (Å²) in [6, 6.07) is 12.6. The molecule has 0 unspecified atom stereocenters. The van der Waals surface area contributed by atoms with Gasteiger partial charge in [0.2, 0.25) is 10.0 Å². The summed E-state index contributed by atoms with van der Waals surface area (Å²) in [6.45, 7) is 0.375. The first-order chi connectivity index (χ1) is 17.4. The number of ether oxygens (including phenoxy) is 1. The van der Waals surface area contributed by atoms with Gasteiger partial charge in [0, 0.05) is 31.7 Å². The molecule has 0 bridgehead atoms. The first-order valence-corrected chi connectivity index (χ1v) is 12.8. The van der Waals surface area contributed by atoms with Crippen LogP contribution in [0.2, 0.25) is 5.15 Å². The molecule has 4 rings (SSSR count). The van der Waals surface area contributed by atoms with Crippen LogP contribution in [0.4, 0.5) is 19.0 Å². The van der Waals surface area contributed by atoms with E-state index in [9.17, 15) is 26.4 Å². The number of nitrogens with two attached hydrogens (primary N) is 1. The second-order valence-corrected chi connectivity index (χ2v) is 10.5. The lowest BCUT2D eigenvalue weighted by atomic mass is 10.0. The Labute approximate surface area is 216 Å². The third-order valence-corrected chi connectivity index (χ3v) is 8.06. The SMILES string of the molecule is COc1c(C(N)=O)cccc1-c1ccc(S(=O)(=O)N2CCN(c3cc(C(F)(F)F)cc(Cl)n3)CC2)cc1. The van der Waals surface area contributed by atoms with Gasteiger partial charge in [-0.1, -0.05) is 35.9 Å². The molecule has 1 saturated heterocycles. The van der Waals surface area contributed by atoms with E-state index < -0.39 is 27.7 Å². The Morgan fingerprint density at radius 1 is 1.05 bits per heavy atom. The standard InChI is InChI=1S/C24H22ClF3N4O4S/c1-36-22-18(3-2-4-19(22)23(29)33)15-5-7-17(8-6-15)37(34,35)32-11-9-31(10-12-32)21-14-16(24(26,27)28)13-20(25)30-21/h2-8,13-14H,9-12H2,1H3,(H2,29,33). The van der Waals surface area contributed by atoms with Crippen LogP contribution in [0.5, 0.6) is 5.75 Å². The highest BCUT2D eigenvalue weighted by atomic mass is 35.5. The summed E-state index contributed by atoms with van der Waals surface area (Å²) >= 11 is 5.78. The lowest BCUT2D eigenvalue weighted by Gasteiger charge is -2.35. The van der Waals surface area contributed by atoms with Crippen molar-refractivity contribution in [1.29, 1.82) is 0 Å². The first-order valence-electron chi connectivity index (χ1n) is 11.0. The number of halogens is 4. The van der Waals surface area contributed by atoms with Crippen molar-refractivity contribution in [1.82, 2.24) is 9.29 Å². The maximum Gasteiger partial charge on any atom is 0.416 e. The minimum absolute atomic E-state index is 0.0355. The summed E-state index contributed by atoms with van der Waals surface area (Å²) in [5.74, 6) is -0.335. The van der Waals surface area contributed by atoms with Gasteiger partial charge >= 0.3 is 6.18 Å². The number of pyridine rings is 1. The summed E-state index contributed by atoms with van der Waals surface area (Å²) in [4.78, 5) is 17.3. The molecule has 0 aliphatic carbocycles. The van der Waals surface area contributed by atoms with Crippen molar-refractivity contribution in [2.24, 2.45) is 5.73 Å². The van der Waals surface area contributed by atoms with Crippen molar-refractivity contribution >= 4 is 33.3 Å². The van der Waals surface area contributed by atoms with Crippen molar-refractivity contribution < 1.29 is 31.1 Å². The molecule has 196 valence electrons. The Kier molecular flexibility index (Phi) is 7.36. The highest BCUT2D eigenvalue weighted by Gasteiger charge is 2.33. The predicted octanol–water partition coefficient (Wildman–Crippen LogP) is 4.04. The molecule has 1 amide bonds. The quantitative estimate of drug-likeness (QED) is 0.461. The van der Waals surface area contributed by atoms with Crippen LogP contribution in [0, 0.1) is 0 Å². The number of carbonyl (C=O) groups excluding carboxylic acids is 1. The Bertz CT molecular complexity index is 1420. The van der Waals surface area contributed by atoms with Crippen LogP contribution < -0.4 is 15.4 Å². The van der Waals surface area contributed by atoms with Crippen LogP contribution >= 0.6 is 11.6 Å². The topological polar surface area (TPSA) is 106 Å². The second-order valence-electron chi connectivity index (χ2n) is 8.20. The van der Waals surface area contributed by atoms with Gasteiger partial charge < -0.3 is 15.4 Å². The Morgan fingerprint density at radius 3 is 2.27 bits per heavy atom. The lowest BCUT2D eigenvalue weighted by molar-refractivity contribution is -0.137. The predicted molar refractivity (Wildman–Crippen MR) is 132 cm³/mol. The summed E-state index contributed by atoms with van der Waals surface area (Å²) in [7, 11) is -2.46. The molecule has 13 heteroatoms. The van der Waals surface area contributed by atoms with E-state index in [4.69, 9.17) is 22.1 Å². The van der Waals surface area contributed by atoms with E-state index in [0.717, 1.165) is 12.1 Å². The number of piperazine rings is 1. The number of benzene rings is 2. The lowest BCUT2D eigenvalue weighted by Crippen LogP contribution is -2.49. The van der Waals surface area contributed by atoms with E-state index in [1.807, 2.05) is 0 Å². The van der Waals surface area contributed by atoms with Gasteiger partial charge in [-0.3, -0.25) is 4.79 Å². The van der Waals surface area contributed by atoms with Crippen molar-refractivity contribution in [2.45, 2.75) is 11.1 Å². The molecule has 2 N–H and O–H groups in total. The molecule has 0 spiro atoms. The summed E-state index contributed by atoms with van der Waals surface area (Å²) < 4.78 is 72.5. The molecular formula is C24H22ClF3N4O4S. The molecule has 2 heterocycles. The molecule has 8 nitrogen and oxygen atoms in total. The molecule has 37 heavy (non-hydrogen) atoms. The normalized spacial score (nSPS) is 15.0. The number of primary amides is 1. The number of amides is 1. The van der Waals surface area contributed by atoms with E-state index in [2.05, 4.69) is 4.98 Å². The number of anilines is 1. The first kappa shape index (κ1) is 26.7. The van der Waals surface area contributed by atoms with Crippen LogP contribution in [0.15, 0.2) is 59.5 Å². The number of nitrogens with zero attached hydrogens (tertiary/aromatic N) is 3. The van der Waals surface area contributed by atoms with E-state index in [1.54, 1.807) is 29.2 Å². The zero-order chi connectivity index (χ0) is 27.0. The molecule has 0 saturated carbocycles. The Morgan fingerprint density at radius 2 is 1.70 bits per heavy atom. The molecule has 1 fully saturated rings. The maximum absolute atomic E-state index is 13.2. The number of hydrogen-bond donors (Lipinski definition) is 1. The summed E-state index contributed by atoms with van der Waals surface area (Å²) in [6.07, 6.45) is -4.58. The number of carbonyl (C=O) groups is 1. The Balaban J connectivity index is 1.51. The van der Waals surface area contributed by atoms with Crippen LogP contribution in [0.3, 0.4) is 0 Å². The van der Waals surface area contributed by atoms with Gasteiger partial charge in [-0.2, -0.15) is 17.5 Å². The molecular weight excluding hydrogens is 533 g/mol. The van der Waals surface area contributed by atoms with Crippen molar-refractivity contribution in [3.8, 4) is 16.9 Å². The number of alkyl halides is 3. The van der Waals surface area contributed by atoms with Crippen LogP contribution in [-0.2, 0) is 16.2 Å². The average molecular weight is 555 g/mol. The van der Waals surface area contributed by atoms with Gasteiger partial charge in [0.15, 0.2) is 0 Å².